The predicted molar refractivity (Wildman–Crippen MR) is 127 cm³/mol. The van der Waals surface area contributed by atoms with Crippen LogP contribution in [0.2, 0.25) is 0 Å². The van der Waals surface area contributed by atoms with Gasteiger partial charge in [0.15, 0.2) is 5.78 Å². The molecular formula is C24H24N6O2S. The van der Waals surface area contributed by atoms with Gasteiger partial charge in [-0.1, -0.05) is 6.07 Å². The average molecular weight is 461 g/mol. The van der Waals surface area contributed by atoms with Crippen LogP contribution in [0.4, 0.5) is 11.6 Å². The molecule has 8 nitrogen and oxygen atoms in total. The number of nitrogens with one attached hydrogen (secondary N) is 1. The van der Waals surface area contributed by atoms with Gasteiger partial charge in [-0.05, 0) is 42.7 Å². The van der Waals surface area contributed by atoms with Crippen molar-refractivity contribution in [3.8, 4) is 11.4 Å². The van der Waals surface area contributed by atoms with Gasteiger partial charge in [0.05, 0.1) is 41.4 Å². The molecule has 5 rings (SSSR count). The van der Waals surface area contributed by atoms with Crippen molar-refractivity contribution in [3.05, 3.63) is 69.4 Å². The van der Waals surface area contributed by atoms with Gasteiger partial charge >= 0.3 is 0 Å². The molecule has 0 aromatic carbocycles. The second-order valence-electron chi connectivity index (χ2n) is 8.02. The number of aromatic nitrogens is 5. The minimum absolute atomic E-state index is 0.180. The molecule has 1 aliphatic heterocycles. The first-order chi connectivity index (χ1) is 16.0. The van der Waals surface area contributed by atoms with E-state index in [1.807, 2.05) is 44.4 Å². The molecule has 0 bridgehead atoms. The Hall–Kier alpha value is -3.43. The number of Topliss-reactive ketones (excluding diaryl/α,β-unsaturated/α-hetero) is 1. The number of aryl methyl sites for hydroxylation is 3. The molecule has 0 aliphatic carbocycles. The maximum Gasteiger partial charge on any atom is 0.227 e. The molecule has 1 N–H and O–H groups in total. The molecule has 5 heterocycles. The lowest BCUT2D eigenvalue weighted by Crippen LogP contribution is -2.05. The van der Waals surface area contributed by atoms with Gasteiger partial charge in [-0.2, -0.15) is 5.10 Å². The first-order valence-electron chi connectivity index (χ1n) is 10.8. The van der Waals surface area contributed by atoms with Crippen LogP contribution in [0.1, 0.15) is 37.8 Å². The first-order valence-corrected chi connectivity index (χ1v) is 11.6. The van der Waals surface area contributed by atoms with Crippen LogP contribution < -0.4 is 5.32 Å². The number of nitrogens with zero attached hydrogens (tertiary/aromatic N) is 5. The zero-order chi connectivity index (χ0) is 22.8. The Morgan fingerprint density at radius 2 is 2.12 bits per heavy atom. The number of hydrogen-bond acceptors (Lipinski definition) is 8. The van der Waals surface area contributed by atoms with Gasteiger partial charge < -0.3 is 10.1 Å². The number of hydrogen-bond donors (Lipinski definition) is 1. The molecule has 168 valence electrons. The molecular weight excluding hydrogens is 436 g/mol. The minimum Gasteiger partial charge on any atom is -0.376 e. The van der Waals surface area contributed by atoms with Crippen molar-refractivity contribution in [2.75, 3.05) is 11.9 Å². The van der Waals surface area contributed by atoms with Crippen LogP contribution in [-0.4, -0.2) is 37.1 Å². The van der Waals surface area contributed by atoms with Crippen molar-refractivity contribution >= 4 is 28.8 Å². The summed E-state index contributed by atoms with van der Waals surface area (Å²) in [6.45, 7) is 3.33. The lowest BCUT2D eigenvalue weighted by Gasteiger charge is -2.10. The molecule has 9 heteroatoms. The number of carbonyl (C=O) groups is 1. The number of rotatable bonds is 7. The maximum absolute atomic E-state index is 12.7. The Labute approximate surface area is 195 Å². The summed E-state index contributed by atoms with van der Waals surface area (Å²) in [5.41, 5.74) is 5.45. The molecule has 0 unspecified atom stereocenters. The Bertz CT molecular complexity index is 1290. The molecule has 0 atom stereocenters. The van der Waals surface area contributed by atoms with Crippen molar-refractivity contribution in [3.63, 3.8) is 0 Å². The average Bonchev–Trinajstić information content (AvgIpc) is 3.44. The number of ketones is 1. The van der Waals surface area contributed by atoms with E-state index < -0.39 is 0 Å². The number of fused-ring (bicyclic) bond motifs is 1. The highest BCUT2D eigenvalue weighted by Gasteiger charge is 2.18. The quantitative estimate of drug-likeness (QED) is 0.412. The fraction of sp³-hybridized carbons (Fsp3) is 0.292. The summed E-state index contributed by atoms with van der Waals surface area (Å²) in [5, 5.41) is 7.29. The van der Waals surface area contributed by atoms with Crippen molar-refractivity contribution in [1.29, 1.82) is 0 Å². The summed E-state index contributed by atoms with van der Waals surface area (Å²) in [7, 11) is 1.85. The van der Waals surface area contributed by atoms with Crippen LogP contribution in [0.3, 0.4) is 0 Å². The number of anilines is 2. The van der Waals surface area contributed by atoms with Crippen LogP contribution >= 0.6 is 11.3 Å². The smallest absolute Gasteiger partial charge is 0.227 e. The highest BCUT2D eigenvalue weighted by Crippen LogP contribution is 2.28. The van der Waals surface area contributed by atoms with Crippen molar-refractivity contribution in [2.45, 2.75) is 32.8 Å². The fourth-order valence-corrected chi connectivity index (χ4v) is 4.95. The Balaban J connectivity index is 1.26. The molecule has 4 aromatic heterocycles. The van der Waals surface area contributed by atoms with Crippen LogP contribution in [0.5, 0.6) is 0 Å². The standard InChI is InChI=1S/C24H24N6O2S/c1-15-16(4-6-21(31)23-11-17-14-32-10-8-22(17)33-23)3-5-19(27-15)20-7-9-25-24(29-20)28-18-12-26-30(2)13-18/h3,5,7,9,11-13H,4,6,8,10,14H2,1-2H3,(H,25,28,29). The van der Waals surface area contributed by atoms with E-state index in [0.717, 1.165) is 46.2 Å². The van der Waals surface area contributed by atoms with E-state index in [0.29, 0.717) is 25.4 Å². The Morgan fingerprint density at radius 3 is 2.91 bits per heavy atom. The number of thiophene rings is 1. The summed E-state index contributed by atoms with van der Waals surface area (Å²) in [5.74, 6) is 0.665. The van der Waals surface area contributed by atoms with Crippen molar-refractivity contribution in [2.24, 2.45) is 7.05 Å². The van der Waals surface area contributed by atoms with E-state index >= 15 is 0 Å². The van der Waals surface area contributed by atoms with E-state index in [4.69, 9.17) is 9.72 Å². The zero-order valence-corrected chi connectivity index (χ0v) is 19.4. The van der Waals surface area contributed by atoms with E-state index in [1.54, 1.807) is 28.4 Å². The van der Waals surface area contributed by atoms with Crippen LogP contribution in [0, 0.1) is 6.92 Å². The van der Waals surface area contributed by atoms with Crippen molar-refractivity contribution in [1.82, 2.24) is 24.7 Å². The minimum atomic E-state index is 0.180. The fourth-order valence-electron chi connectivity index (χ4n) is 3.83. The van der Waals surface area contributed by atoms with E-state index in [2.05, 4.69) is 20.4 Å². The summed E-state index contributed by atoms with van der Waals surface area (Å²) in [6.07, 6.45) is 7.31. The lowest BCUT2D eigenvalue weighted by molar-refractivity contribution is 0.0986. The first kappa shape index (κ1) is 21.4. The highest BCUT2D eigenvalue weighted by atomic mass is 32.1. The van der Waals surface area contributed by atoms with Gasteiger partial charge in [-0.25, -0.2) is 9.97 Å². The van der Waals surface area contributed by atoms with Gasteiger partial charge in [0.2, 0.25) is 5.95 Å². The molecule has 0 radical (unpaired) electrons. The SMILES string of the molecule is Cc1nc(-c2ccnc(Nc3cnn(C)c3)n2)ccc1CCC(=O)c1cc2c(s1)CCOC2. The van der Waals surface area contributed by atoms with Crippen molar-refractivity contribution < 1.29 is 9.53 Å². The third kappa shape index (κ3) is 4.84. The summed E-state index contributed by atoms with van der Waals surface area (Å²) in [6, 6.07) is 7.82. The summed E-state index contributed by atoms with van der Waals surface area (Å²) in [4.78, 5) is 28.5. The maximum atomic E-state index is 12.7. The summed E-state index contributed by atoms with van der Waals surface area (Å²) < 4.78 is 7.20. The zero-order valence-electron chi connectivity index (χ0n) is 18.5. The molecule has 0 amide bonds. The third-order valence-electron chi connectivity index (χ3n) is 5.60. The van der Waals surface area contributed by atoms with Crippen LogP contribution in [-0.2, 0) is 31.2 Å². The molecule has 0 spiro atoms. The van der Waals surface area contributed by atoms with E-state index in [1.165, 1.54) is 10.4 Å². The van der Waals surface area contributed by atoms with Gasteiger partial charge in [-0.3, -0.25) is 14.5 Å². The van der Waals surface area contributed by atoms with E-state index in [9.17, 15) is 4.79 Å². The van der Waals surface area contributed by atoms with Crippen LogP contribution in [0.15, 0.2) is 42.9 Å². The summed E-state index contributed by atoms with van der Waals surface area (Å²) >= 11 is 1.62. The molecule has 4 aromatic rings. The normalized spacial score (nSPS) is 13.0. The largest absolute Gasteiger partial charge is 0.376 e. The Kier molecular flexibility index (Phi) is 5.97. The number of carbonyl (C=O) groups excluding carboxylic acids is 1. The molecule has 0 saturated carbocycles. The van der Waals surface area contributed by atoms with Gasteiger partial charge in [0.1, 0.15) is 0 Å². The predicted octanol–water partition coefficient (Wildman–Crippen LogP) is 4.27. The highest BCUT2D eigenvalue weighted by molar-refractivity contribution is 7.14. The van der Waals surface area contributed by atoms with Gasteiger partial charge in [0, 0.05) is 42.9 Å². The third-order valence-corrected chi connectivity index (χ3v) is 6.88. The number of ether oxygens (including phenoxy) is 1. The number of pyridine rings is 1. The Morgan fingerprint density at radius 1 is 1.24 bits per heavy atom. The van der Waals surface area contributed by atoms with Gasteiger partial charge in [-0.15, -0.1) is 11.3 Å². The second kappa shape index (κ2) is 9.21. The second-order valence-corrected chi connectivity index (χ2v) is 9.16. The molecule has 0 saturated heterocycles. The van der Waals surface area contributed by atoms with Gasteiger partial charge in [0.25, 0.3) is 0 Å². The molecule has 1 aliphatic rings. The monoisotopic (exact) mass is 460 g/mol. The molecule has 33 heavy (non-hydrogen) atoms. The lowest BCUT2D eigenvalue weighted by atomic mass is 10.0. The topological polar surface area (TPSA) is 94.8 Å². The van der Waals surface area contributed by atoms with E-state index in [-0.39, 0.29) is 5.78 Å². The molecule has 0 fully saturated rings. The van der Waals surface area contributed by atoms with Crippen LogP contribution in [0.25, 0.3) is 11.4 Å².